The molecule has 1 aromatic carbocycles. The van der Waals surface area contributed by atoms with Gasteiger partial charge in [0.25, 0.3) is 0 Å². The van der Waals surface area contributed by atoms with E-state index in [2.05, 4.69) is 0 Å². The molecular weight excluding hydrogens is 255 g/mol. The highest BCUT2D eigenvalue weighted by Gasteiger charge is 2.24. The van der Waals surface area contributed by atoms with Gasteiger partial charge in [0.1, 0.15) is 5.75 Å². The van der Waals surface area contributed by atoms with Gasteiger partial charge in [-0.3, -0.25) is 9.42 Å². The third kappa shape index (κ3) is 5.47. The van der Waals surface area contributed by atoms with Crippen LogP contribution in [0.4, 0.5) is 0 Å². The zero-order valence-electron chi connectivity index (χ0n) is 10.4. The molecule has 1 N–H and O–H groups in total. The second kappa shape index (κ2) is 7.34. The second-order valence-corrected chi connectivity index (χ2v) is 4.85. The van der Waals surface area contributed by atoms with Crippen LogP contribution in [0.15, 0.2) is 42.5 Å². The van der Waals surface area contributed by atoms with E-state index in [-0.39, 0.29) is 18.5 Å². The van der Waals surface area contributed by atoms with Crippen LogP contribution < -0.4 is 4.52 Å². The van der Waals surface area contributed by atoms with Crippen molar-refractivity contribution in [1.82, 2.24) is 0 Å². The summed E-state index contributed by atoms with van der Waals surface area (Å²) in [7, 11) is -2.62. The molecule has 0 bridgehead atoms. The molecule has 100 valence electrons. The summed E-state index contributed by atoms with van der Waals surface area (Å²) >= 11 is 0. The number of rotatable bonds is 7. The number of ether oxygens (including phenoxy) is 1. The van der Waals surface area contributed by atoms with Crippen molar-refractivity contribution < 1.29 is 23.2 Å². The lowest BCUT2D eigenvalue weighted by Crippen LogP contribution is -2.15. The van der Waals surface area contributed by atoms with Crippen molar-refractivity contribution in [2.45, 2.75) is 13.0 Å². The minimum atomic E-state index is -4.12. The van der Waals surface area contributed by atoms with E-state index < -0.39 is 7.82 Å². The summed E-state index contributed by atoms with van der Waals surface area (Å²) in [6.45, 7) is 1.77. The molecule has 0 spiro atoms. The number of phosphoric acid groups is 1. The Labute approximate surface area is 107 Å². The van der Waals surface area contributed by atoms with Gasteiger partial charge in [0.15, 0.2) is 0 Å². The molecule has 2 atom stereocenters. The maximum atomic E-state index is 11.6. The van der Waals surface area contributed by atoms with Gasteiger partial charge in [-0.15, -0.1) is 0 Å². The van der Waals surface area contributed by atoms with Gasteiger partial charge in [-0.1, -0.05) is 30.4 Å². The highest BCUT2D eigenvalue weighted by molar-refractivity contribution is 7.47. The average Bonchev–Trinajstić information content (AvgIpc) is 2.35. The molecule has 0 aliphatic rings. The first kappa shape index (κ1) is 14.9. The van der Waals surface area contributed by atoms with Crippen LogP contribution in [0.3, 0.4) is 0 Å². The molecule has 0 aliphatic heterocycles. The third-order valence-electron chi connectivity index (χ3n) is 2.08. The Bertz CT molecular complexity index is 418. The van der Waals surface area contributed by atoms with Crippen molar-refractivity contribution >= 4 is 7.82 Å². The number of methoxy groups -OCH3 is 1. The van der Waals surface area contributed by atoms with Crippen molar-refractivity contribution in [3.63, 3.8) is 0 Å². The van der Waals surface area contributed by atoms with Gasteiger partial charge in [0, 0.05) is 7.11 Å². The maximum Gasteiger partial charge on any atom is 0.527 e. The Hall–Kier alpha value is -1.13. The zero-order chi connectivity index (χ0) is 13.4. The minimum absolute atomic E-state index is 0.0541. The molecule has 0 amide bonds. The summed E-state index contributed by atoms with van der Waals surface area (Å²) < 4.78 is 26.4. The first-order chi connectivity index (χ1) is 8.57. The van der Waals surface area contributed by atoms with E-state index in [0.29, 0.717) is 0 Å². The summed E-state index contributed by atoms with van der Waals surface area (Å²) in [6, 6.07) is 8.33. The number of phosphoric ester groups is 1. The SMILES string of the molecule is CC=CC(COP(=O)(O)Oc1ccccc1)OC. The monoisotopic (exact) mass is 272 g/mol. The molecule has 6 heteroatoms. The third-order valence-corrected chi connectivity index (χ3v) is 2.99. The summed E-state index contributed by atoms with van der Waals surface area (Å²) in [4.78, 5) is 9.51. The fraction of sp³-hybridized carbons (Fsp3) is 0.333. The van der Waals surface area contributed by atoms with Crippen LogP contribution in [0.2, 0.25) is 0 Å². The Kier molecular flexibility index (Phi) is 6.09. The first-order valence-electron chi connectivity index (χ1n) is 5.45. The van der Waals surface area contributed by atoms with E-state index in [9.17, 15) is 9.46 Å². The molecule has 0 fully saturated rings. The molecule has 0 radical (unpaired) electrons. The van der Waals surface area contributed by atoms with Crippen LogP contribution in [-0.4, -0.2) is 24.7 Å². The average molecular weight is 272 g/mol. The van der Waals surface area contributed by atoms with Gasteiger partial charge >= 0.3 is 7.82 Å². The topological polar surface area (TPSA) is 65.0 Å². The molecule has 2 unspecified atom stereocenters. The molecule has 5 nitrogen and oxygen atoms in total. The smallest absolute Gasteiger partial charge is 0.404 e. The Morgan fingerprint density at radius 1 is 1.39 bits per heavy atom. The Morgan fingerprint density at radius 3 is 2.61 bits per heavy atom. The number of allylic oxidation sites excluding steroid dienone is 1. The highest BCUT2D eigenvalue weighted by Crippen LogP contribution is 2.43. The first-order valence-corrected chi connectivity index (χ1v) is 6.94. The van der Waals surface area contributed by atoms with Crippen LogP contribution in [0, 0.1) is 0 Å². The largest absolute Gasteiger partial charge is 0.527 e. The molecule has 0 aromatic heterocycles. The van der Waals surface area contributed by atoms with Crippen molar-refractivity contribution in [3.05, 3.63) is 42.5 Å². The van der Waals surface area contributed by atoms with Crippen LogP contribution in [0.1, 0.15) is 6.92 Å². The highest BCUT2D eigenvalue weighted by atomic mass is 31.2. The summed E-state index contributed by atoms with van der Waals surface area (Å²) in [5, 5.41) is 0. The Morgan fingerprint density at radius 2 is 2.06 bits per heavy atom. The number of hydrogen-bond acceptors (Lipinski definition) is 4. The van der Waals surface area contributed by atoms with Crippen LogP contribution in [0.5, 0.6) is 5.75 Å². The summed E-state index contributed by atoms with van der Waals surface area (Å²) in [5.74, 6) is 0.281. The molecule has 1 aromatic rings. The molecular formula is C12H17O5P. The summed E-state index contributed by atoms with van der Waals surface area (Å²) in [6.07, 6.45) is 3.12. The molecule has 18 heavy (non-hydrogen) atoms. The lowest BCUT2D eigenvalue weighted by atomic mass is 10.3. The zero-order valence-corrected chi connectivity index (χ0v) is 11.2. The maximum absolute atomic E-state index is 11.6. The van der Waals surface area contributed by atoms with E-state index in [1.807, 2.05) is 6.92 Å². The van der Waals surface area contributed by atoms with Crippen LogP contribution in [0.25, 0.3) is 0 Å². The van der Waals surface area contributed by atoms with Gasteiger partial charge in [-0.05, 0) is 19.1 Å². The quantitative estimate of drug-likeness (QED) is 0.610. The standard InChI is InChI=1S/C12H17O5P/c1-3-7-12(15-2)10-16-18(13,14)17-11-8-5-4-6-9-11/h3-9,12H,10H2,1-2H3,(H,13,14). The van der Waals surface area contributed by atoms with E-state index in [1.165, 1.54) is 7.11 Å². The van der Waals surface area contributed by atoms with Crippen molar-refractivity contribution in [2.24, 2.45) is 0 Å². The van der Waals surface area contributed by atoms with Gasteiger partial charge < -0.3 is 9.26 Å². The molecule has 0 saturated heterocycles. The van der Waals surface area contributed by atoms with E-state index >= 15 is 0 Å². The fourth-order valence-corrected chi connectivity index (χ4v) is 2.00. The lowest BCUT2D eigenvalue weighted by Gasteiger charge is -2.15. The lowest BCUT2D eigenvalue weighted by molar-refractivity contribution is 0.0765. The number of hydrogen-bond donors (Lipinski definition) is 1. The summed E-state index contributed by atoms with van der Waals surface area (Å²) in [5.41, 5.74) is 0. The van der Waals surface area contributed by atoms with Gasteiger partial charge in [0.05, 0.1) is 12.7 Å². The fourth-order valence-electron chi connectivity index (χ4n) is 1.23. The second-order valence-electron chi connectivity index (χ2n) is 3.47. The molecule has 1 rings (SSSR count). The molecule has 0 heterocycles. The van der Waals surface area contributed by atoms with Crippen LogP contribution >= 0.6 is 7.82 Å². The predicted molar refractivity (Wildman–Crippen MR) is 68.5 cm³/mol. The van der Waals surface area contributed by atoms with Crippen molar-refractivity contribution in [3.8, 4) is 5.75 Å². The van der Waals surface area contributed by atoms with Gasteiger partial charge in [-0.25, -0.2) is 4.57 Å². The molecule has 0 aliphatic carbocycles. The molecule has 0 saturated carbocycles. The number of para-hydroxylation sites is 1. The predicted octanol–water partition coefficient (Wildman–Crippen LogP) is 2.77. The van der Waals surface area contributed by atoms with E-state index in [0.717, 1.165) is 0 Å². The van der Waals surface area contributed by atoms with Gasteiger partial charge in [0.2, 0.25) is 0 Å². The van der Waals surface area contributed by atoms with Crippen molar-refractivity contribution in [2.75, 3.05) is 13.7 Å². The van der Waals surface area contributed by atoms with Crippen LogP contribution in [-0.2, 0) is 13.8 Å². The van der Waals surface area contributed by atoms with E-state index in [1.54, 1.807) is 42.5 Å². The Balaban J connectivity index is 2.52. The van der Waals surface area contributed by atoms with Gasteiger partial charge in [-0.2, -0.15) is 0 Å². The minimum Gasteiger partial charge on any atom is -0.404 e. The van der Waals surface area contributed by atoms with E-state index in [4.69, 9.17) is 13.8 Å². The normalized spacial score (nSPS) is 16.4. The van der Waals surface area contributed by atoms with Crippen molar-refractivity contribution in [1.29, 1.82) is 0 Å². The number of benzene rings is 1.